The molecule has 0 bridgehead atoms. The summed E-state index contributed by atoms with van der Waals surface area (Å²) >= 11 is 0. The number of nitrogens with one attached hydrogen (secondary N) is 4. The number of urea groups is 1. The van der Waals surface area contributed by atoms with Crippen LogP contribution in [0.1, 0.15) is 32.3 Å². The molecule has 10 heteroatoms. The van der Waals surface area contributed by atoms with Crippen molar-refractivity contribution in [3.8, 4) is 0 Å². The van der Waals surface area contributed by atoms with Crippen molar-refractivity contribution >= 4 is 40.8 Å². The Morgan fingerprint density at radius 1 is 0.939 bits per heavy atom. The van der Waals surface area contributed by atoms with Crippen molar-refractivity contribution < 1.29 is 24.0 Å². The molecule has 0 saturated carbocycles. The minimum Gasteiger partial charge on any atom is -0.350 e. The lowest BCUT2D eigenvalue weighted by Gasteiger charge is -2.22. The van der Waals surface area contributed by atoms with Crippen molar-refractivity contribution in [1.82, 2.24) is 21.5 Å². The van der Waals surface area contributed by atoms with Crippen LogP contribution >= 0.6 is 0 Å². The second-order valence-electron chi connectivity index (χ2n) is 8.06. The molecular weight excluding hydrogens is 426 g/mol. The highest BCUT2D eigenvalue weighted by Crippen LogP contribution is 2.19. The first kappa shape index (κ1) is 25.3. The predicted molar refractivity (Wildman–Crippen MR) is 123 cm³/mol. The molecule has 10 nitrogen and oxygen atoms in total. The molecule has 0 radical (unpaired) electrons. The van der Waals surface area contributed by atoms with Crippen LogP contribution < -0.4 is 27.2 Å². The van der Waals surface area contributed by atoms with Gasteiger partial charge >= 0.3 is 6.03 Å². The number of benzene rings is 2. The zero-order valence-electron chi connectivity index (χ0n) is 18.6. The van der Waals surface area contributed by atoms with Gasteiger partial charge in [-0.05, 0) is 28.7 Å². The molecule has 0 spiro atoms. The molecule has 5 amide bonds. The van der Waals surface area contributed by atoms with Gasteiger partial charge in [-0.2, -0.15) is 0 Å². The normalized spacial score (nSPS) is 12.5. The van der Waals surface area contributed by atoms with Crippen LogP contribution in [0.3, 0.4) is 0 Å². The Kier molecular flexibility index (Phi) is 9.34. The maximum absolute atomic E-state index is 12.8. The highest BCUT2D eigenvalue weighted by Gasteiger charge is 2.25. The lowest BCUT2D eigenvalue weighted by atomic mass is 10.00. The molecule has 0 aromatic heterocycles. The van der Waals surface area contributed by atoms with E-state index in [0.29, 0.717) is 12.7 Å². The van der Waals surface area contributed by atoms with E-state index in [-0.39, 0.29) is 18.2 Å². The molecule has 0 saturated heterocycles. The standard InChI is InChI=1S/C23H29N5O5/c1-14(2)10-19(22(32)25-17(13-29)12-21(31)27-28-23(24)33)26-20(30)11-16-8-5-7-15-6-3-4-9-18(15)16/h3-9,13-14,17,19H,10-12H2,1-2H3,(H,25,32)(H,26,30)(H,27,31)(H3,24,28,33)/t17-,19-/m0/s1. The van der Waals surface area contributed by atoms with Crippen molar-refractivity contribution in [2.75, 3.05) is 0 Å². The van der Waals surface area contributed by atoms with E-state index in [4.69, 9.17) is 5.73 Å². The molecule has 0 fully saturated rings. The summed E-state index contributed by atoms with van der Waals surface area (Å²) in [7, 11) is 0. The third-order valence-electron chi connectivity index (χ3n) is 4.81. The fourth-order valence-corrected chi connectivity index (χ4v) is 3.37. The van der Waals surface area contributed by atoms with Gasteiger partial charge in [-0.15, -0.1) is 0 Å². The van der Waals surface area contributed by atoms with Crippen molar-refractivity contribution in [2.45, 2.75) is 45.2 Å². The quantitative estimate of drug-likeness (QED) is 0.263. The van der Waals surface area contributed by atoms with Crippen LogP contribution in [0, 0.1) is 5.92 Å². The Labute approximate surface area is 191 Å². The molecule has 0 heterocycles. The topological polar surface area (TPSA) is 159 Å². The van der Waals surface area contributed by atoms with Gasteiger partial charge in [0.1, 0.15) is 12.3 Å². The van der Waals surface area contributed by atoms with Crippen LogP contribution in [0.4, 0.5) is 4.79 Å². The minimum absolute atomic E-state index is 0.0800. The van der Waals surface area contributed by atoms with Gasteiger partial charge in [-0.25, -0.2) is 10.2 Å². The summed E-state index contributed by atoms with van der Waals surface area (Å²) in [5, 5.41) is 7.17. The fraction of sp³-hybridized carbons (Fsp3) is 0.348. The summed E-state index contributed by atoms with van der Waals surface area (Å²) in [4.78, 5) is 59.3. The maximum Gasteiger partial charge on any atom is 0.330 e. The first-order chi connectivity index (χ1) is 15.7. The molecule has 0 aliphatic carbocycles. The van der Waals surface area contributed by atoms with Crippen LogP contribution in [0.25, 0.3) is 10.8 Å². The van der Waals surface area contributed by atoms with E-state index in [1.807, 2.05) is 67.2 Å². The number of fused-ring (bicyclic) bond motifs is 1. The lowest BCUT2D eigenvalue weighted by molar-refractivity contribution is -0.131. The van der Waals surface area contributed by atoms with Crippen molar-refractivity contribution in [2.24, 2.45) is 11.7 Å². The van der Waals surface area contributed by atoms with E-state index in [9.17, 15) is 24.0 Å². The van der Waals surface area contributed by atoms with Gasteiger partial charge in [0, 0.05) is 0 Å². The zero-order chi connectivity index (χ0) is 24.4. The third-order valence-corrected chi connectivity index (χ3v) is 4.81. The Morgan fingerprint density at radius 3 is 2.30 bits per heavy atom. The number of hydrazine groups is 1. The SMILES string of the molecule is CC(C)C[C@H](NC(=O)Cc1cccc2ccccc12)C(=O)N[C@H](C=O)CC(=O)NNC(N)=O. The summed E-state index contributed by atoms with van der Waals surface area (Å²) in [5.74, 6) is -1.55. The van der Waals surface area contributed by atoms with Gasteiger partial charge in [0.25, 0.3) is 0 Å². The molecular formula is C23H29N5O5. The number of amides is 5. The Morgan fingerprint density at radius 2 is 1.64 bits per heavy atom. The van der Waals surface area contributed by atoms with E-state index in [0.717, 1.165) is 16.3 Å². The second-order valence-corrected chi connectivity index (χ2v) is 8.06. The predicted octanol–water partition coefficient (Wildman–Crippen LogP) is 0.687. The average Bonchev–Trinajstić information content (AvgIpc) is 2.76. The molecule has 176 valence electrons. The van der Waals surface area contributed by atoms with Gasteiger partial charge < -0.3 is 21.2 Å². The molecule has 33 heavy (non-hydrogen) atoms. The van der Waals surface area contributed by atoms with Gasteiger partial charge in [-0.3, -0.25) is 19.8 Å². The highest BCUT2D eigenvalue weighted by molar-refractivity contribution is 5.93. The highest BCUT2D eigenvalue weighted by atomic mass is 16.2. The van der Waals surface area contributed by atoms with E-state index in [1.165, 1.54) is 0 Å². The molecule has 0 unspecified atom stereocenters. The summed E-state index contributed by atoms with van der Waals surface area (Å²) < 4.78 is 0. The van der Waals surface area contributed by atoms with Crippen LogP contribution in [-0.2, 0) is 25.6 Å². The number of rotatable bonds is 10. The number of carbonyl (C=O) groups is 5. The number of nitrogens with two attached hydrogens (primary N) is 1. The number of carbonyl (C=O) groups excluding carboxylic acids is 5. The largest absolute Gasteiger partial charge is 0.350 e. The van der Waals surface area contributed by atoms with E-state index >= 15 is 0 Å². The summed E-state index contributed by atoms with van der Waals surface area (Å²) in [6.45, 7) is 3.80. The molecule has 2 aromatic rings. The van der Waals surface area contributed by atoms with Crippen molar-refractivity contribution in [1.29, 1.82) is 0 Å². The molecule has 2 atom stereocenters. The molecule has 0 aliphatic rings. The Balaban J connectivity index is 2.04. The lowest BCUT2D eigenvalue weighted by Crippen LogP contribution is -2.52. The first-order valence-corrected chi connectivity index (χ1v) is 10.6. The summed E-state index contributed by atoms with van der Waals surface area (Å²) in [5.41, 5.74) is 9.60. The number of hydrogen-bond acceptors (Lipinski definition) is 5. The van der Waals surface area contributed by atoms with Crippen molar-refractivity contribution in [3.05, 3.63) is 48.0 Å². The van der Waals surface area contributed by atoms with Crippen LogP contribution in [0.2, 0.25) is 0 Å². The van der Waals surface area contributed by atoms with Gasteiger partial charge in [0.2, 0.25) is 17.7 Å². The van der Waals surface area contributed by atoms with Crippen molar-refractivity contribution in [3.63, 3.8) is 0 Å². The van der Waals surface area contributed by atoms with Crippen LogP contribution in [-0.4, -0.2) is 42.1 Å². The summed E-state index contributed by atoms with van der Waals surface area (Å²) in [6, 6.07) is 10.4. The first-order valence-electron chi connectivity index (χ1n) is 10.6. The van der Waals surface area contributed by atoms with Gasteiger partial charge in [-0.1, -0.05) is 56.3 Å². The molecule has 6 N–H and O–H groups in total. The Bertz CT molecular complexity index is 1020. The van der Waals surface area contributed by atoms with Crippen LogP contribution in [0.5, 0.6) is 0 Å². The average molecular weight is 456 g/mol. The monoisotopic (exact) mass is 455 g/mol. The number of primary amides is 1. The van der Waals surface area contributed by atoms with E-state index in [2.05, 4.69) is 10.6 Å². The fourth-order valence-electron chi connectivity index (χ4n) is 3.37. The minimum atomic E-state index is -1.14. The van der Waals surface area contributed by atoms with Crippen LogP contribution in [0.15, 0.2) is 42.5 Å². The molecule has 2 aromatic carbocycles. The van der Waals surface area contributed by atoms with Gasteiger partial charge in [0.15, 0.2) is 0 Å². The summed E-state index contributed by atoms with van der Waals surface area (Å²) in [6.07, 6.45) is 0.426. The molecule has 2 rings (SSSR count). The number of hydrogen-bond donors (Lipinski definition) is 5. The second kappa shape index (κ2) is 12.2. The Hall–Kier alpha value is -3.95. The maximum atomic E-state index is 12.8. The third kappa shape index (κ3) is 8.24. The molecule has 0 aliphatic heterocycles. The van der Waals surface area contributed by atoms with Gasteiger partial charge in [0.05, 0.1) is 18.9 Å². The van der Waals surface area contributed by atoms with E-state index in [1.54, 1.807) is 0 Å². The number of aldehydes is 1. The zero-order valence-corrected chi connectivity index (χ0v) is 18.6. The smallest absolute Gasteiger partial charge is 0.330 e. The van der Waals surface area contributed by atoms with E-state index < -0.39 is 36.3 Å².